The maximum Gasteiger partial charge on any atom is 0.124 e. The van der Waals surface area contributed by atoms with E-state index in [1.54, 1.807) is 0 Å². The van der Waals surface area contributed by atoms with E-state index in [-0.39, 0.29) is 6.04 Å². The van der Waals surface area contributed by atoms with Crippen LogP contribution in [0.1, 0.15) is 41.1 Å². The second-order valence-corrected chi connectivity index (χ2v) is 5.74. The van der Waals surface area contributed by atoms with E-state index in [0.29, 0.717) is 5.92 Å². The van der Waals surface area contributed by atoms with Gasteiger partial charge in [-0.2, -0.15) is 0 Å². The highest BCUT2D eigenvalue weighted by Gasteiger charge is 2.26. The van der Waals surface area contributed by atoms with Crippen molar-refractivity contribution in [3.05, 3.63) is 64.7 Å². The Hall–Kier alpha value is -1.80. The fourth-order valence-corrected chi connectivity index (χ4v) is 2.86. The van der Waals surface area contributed by atoms with Crippen molar-refractivity contribution >= 4 is 0 Å². The minimum Gasteiger partial charge on any atom is -0.493 e. The number of benzene rings is 2. The summed E-state index contributed by atoms with van der Waals surface area (Å²) in [5.41, 5.74) is 11.2. The maximum atomic E-state index is 6.03. The zero-order chi connectivity index (χ0) is 14.1. The Morgan fingerprint density at radius 2 is 2.05 bits per heavy atom. The summed E-state index contributed by atoms with van der Waals surface area (Å²) in [6.07, 6.45) is 1.12. The normalized spacial score (nSPS) is 18.1. The highest BCUT2D eigenvalue weighted by Crippen LogP contribution is 2.35. The Kier molecular flexibility index (Phi) is 3.49. The molecule has 0 aromatic heterocycles. The summed E-state index contributed by atoms with van der Waals surface area (Å²) in [5.74, 6) is 1.45. The average molecular weight is 267 g/mol. The Morgan fingerprint density at radius 1 is 1.25 bits per heavy atom. The van der Waals surface area contributed by atoms with Crippen LogP contribution in [0.5, 0.6) is 5.75 Å². The predicted octanol–water partition coefficient (Wildman–Crippen LogP) is 3.73. The third-order valence-corrected chi connectivity index (χ3v) is 4.06. The van der Waals surface area contributed by atoms with Crippen LogP contribution in [0, 0.1) is 6.92 Å². The van der Waals surface area contributed by atoms with E-state index in [9.17, 15) is 0 Å². The molecule has 0 heterocycles. The first kappa shape index (κ1) is 13.2. The molecular formula is C18H21NO. The van der Waals surface area contributed by atoms with Gasteiger partial charge in [0.05, 0.1) is 6.61 Å². The SMILES string of the molecule is Cc1ccc(OCC2Cc3ccccc32)c(C(C)N)c1. The first-order valence-electron chi connectivity index (χ1n) is 7.22. The van der Waals surface area contributed by atoms with Gasteiger partial charge in [0.15, 0.2) is 0 Å². The van der Waals surface area contributed by atoms with Crippen LogP contribution in [0.2, 0.25) is 0 Å². The summed E-state index contributed by atoms with van der Waals surface area (Å²) in [5, 5.41) is 0. The third-order valence-electron chi connectivity index (χ3n) is 4.06. The fraction of sp³-hybridized carbons (Fsp3) is 0.333. The van der Waals surface area contributed by atoms with Gasteiger partial charge >= 0.3 is 0 Å². The molecule has 0 fully saturated rings. The smallest absolute Gasteiger partial charge is 0.124 e. The largest absolute Gasteiger partial charge is 0.493 e. The number of hydrogen-bond acceptors (Lipinski definition) is 2. The van der Waals surface area contributed by atoms with Crippen molar-refractivity contribution in [3.8, 4) is 5.75 Å². The first-order chi connectivity index (χ1) is 9.65. The predicted molar refractivity (Wildman–Crippen MR) is 82.2 cm³/mol. The van der Waals surface area contributed by atoms with E-state index in [1.165, 1.54) is 16.7 Å². The second-order valence-electron chi connectivity index (χ2n) is 5.74. The Labute approximate surface area is 120 Å². The highest BCUT2D eigenvalue weighted by atomic mass is 16.5. The van der Waals surface area contributed by atoms with Gasteiger partial charge in [0.25, 0.3) is 0 Å². The van der Waals surface area contributed by atoms with Gasteiger partial charge in [0.1, 0.15) is 5.75 Å². The van der Waals surface area contributed by atoms with Gasteiger partial charge in [0, 0.05) is 17.5 Å². The Bertz CT molecular complexity index is 619. The van der Waals surface area contributed by atoms with Gasteiger partial charge in [-0.1, -0.05) is 42.0 Å². The first-order valence-corrected chi connectivity index (χ1v) is 7.22. The summed E-state index contributed by atoms with van der Waals surface area (Å²) < 4.78 is 6.03. The monoisotopic (exact) mass is 267 g/mol. The topological polar surface area (TPSA) is 35.2 Å². The van der Waals surface area contributed by atoms with Crippen molar-refractivity contribution in [2.24, 2.45) is 5.73 Å². The van der Waals surface area contributed by atoms with Crippen LogP contribution in [0.3, 0.4) is 0 Å². The summed E-state index contributed by atoms with van der Waals surface area (Å²) in [7, 11) is 0. The van der Waals surface area contributed by atoms with Crippen LogP contribution in [0.4, 0.5) is 0 Å². The minimum absolute atomic E-state index is 0.00132. The van der Waals surface area contributed by atoms with Crippen molar-refractivity contribution in [2.75, 3.05) is 6.61 Å². The third kappa shape index (κ3) is 2.44. The van der Waals surface area contributed by atoms with Crippen LogP contribution in [0.25, 0.3) is 0 Å². The molecule has 2 atom stereocenters. The Balaban J connectivity index is 1.71. The fourth-order valence-electron chi connectivity index (χ4n) is 2.86. The van der Waals surface area contributed by atoms with E-state index in [2.05, 4.69) is 43.3 Å². The Morgan fingerprint density at radius 3 is 2.80 bits per heavy atom. The summed E-state index contributed by atoms with van der Waals surface area (Å²) in [6, 6.07) is 14.8. The van der Waals surface area contributed by atoms with Gasteiger partial charge in [-0.3, -0.25) is 0 Å². The molecule has 0 bridgehead atoms. The average Bonchev–Trinajstić information content (AvgIpc) is 2.41. The van der Waals surface area contributed by atoms with Crippen LogP contribution >= 0.6 is 0 Å². The number of rotatable bonds is 4. The highest BCUT2D eigenvalue weighted by molar-refractivity contribution is 5.41. The molecule has 0 saturated carbocycles. The molecule has 2 aromatic rings. The number of hydrogen-bond donors (Lipinski definition) is 1. The van der Waals surface area contributed by atoms with E-state index >= 15 is 0 Å². The number of ether oxygens (including phenoxy) is 1. The lowest BCUT2D eigenvalue weighted by Crippen LogP contribution is -2.23. The van der Waals surface area contributed by atoms with Crippen molar-refractivity contribution in [1.29, 1.82) is 0 Å². The quantitative estimate of drug-likeness (QED) is 0.916. The molecule has 104 valence electrons. The molecule has 0 amide bonds. The number of nitrogens with two attached hydrogens (primary N) is 1. The lowest BCUT2D eigenvalue weighted by Gasteiger charge is -2.30. The lowest BCUT2D eigenvalue weighted by molar-refractivity contribution is 0.272. The zero-order valence-electron chi connectivity index (χ0n) is 12.1. The molecule has 0 radical (unpaired) electrons. The van der Waals surface area contributed by atoms with Crippen LogP contribution in [0.15, 0.2) is 42.5 Å². The van der Waals surface area contributed by atoms with Crippen molar-refractivity contribution in [3.63, 3.8) is 0 Å². The van der Waals surface area contributed by atoms with Crippen molar-refractivity contribution in [2.45, 2.75) is 32.2 Å². The molecule has 0 spiro atoms. The summed E-state index contributed by atoms with van der Waals surface area (Å²) in [4.78, 5) is 0. The van der Waals surface area contributed by atoms with Gasteiger partial charge < -0.3 is 10.5 Å². The molecule has 0 aliphatic heterocycles. The summed E-state index contributed by atoms with van der Waals surface area (Å²) >= 11 is 0. The molecule has 2 N–H and O–H groups in total. The molecular weight excluding hydrogens is 246 g/mol. The van der Waals surface area contributed by atoms with E-state index < -0.39 is 0 Å². The van der Waals surface area contributed by atoms with Gasteiger partial charge in [-0.15, -0.1) is 0 Å². The van der Waals surface area contributed by atoms with Gasteiger partial charge in [-0.05, 0) is 37.5 Å². The zero-order valence-corrected chi connectivity index (χ0v) is 12.1. The molecule has 1 aliphatic rings. The molecule has 3 rings (SSSR count). The molecule has 2 aromatic carbocycles. The second kappa shape index (κ2) is 5.29. The van der Waals surface area contributed by atoms with E-state index in [4.69, 9.17) is 10.5 Å². The van der Waals surface area contributed by atoms with Crippen LogP contribution < -0.4 is 10.5 Å². The molecule has 0 saturated heterocycles. The molecule has 2 nitrogen and oxygen atoms in total. The minimum atomic E-state index is -0.00132. The van der Waals surface area contributed by atoms with Crippen LogP contribution in [-0.2, 0) is 6.42 Å². The van der Waals surface area contributed by atoms with Crippen LogP contribution in [-0.4, -0.2) is 6.61 Å². The van der Waals surface area contributed by atoms with Gasteiger partial charge in [-0.25, -0.2) is 0 Å². The molecule has 2 heteroatoms. The van der Waals surface area contributed by atoms with Crippen molar-refractivity contribution < 1.29 is 4.74 Å². The molecule has 1 aliphatic carbocycles. The summed E-state index contributed by atoms with van der Waals surface area (Å²) in [6.45, 7) is 4.82. The van der Waals surface area contributed by atoms with E-state index in [1.807, 2.05) is 13.0 Å². The number of fused-ring (bicyclic) bond motifs is 1. The van der Waals surface area contributed by atoms with Gasteiger partial charge in [0.2, 0.25) is 0 Å². The number of aryl methyl sites for hydroxylation is 1. The standard InChI is InChI=1S/C18H21NO/c1-12-7-8-18(17(9-12)13(2)19)20-11-15-10-14-5-3-4-6-16(14)15/h3-9,13,15H,10-11,19H2,1-2H3. The lowest BCUT2D eigenvalue weighted by atomic mass is 9.78. The van der Waals surface area contributed by atoms with Crippen molar-refractivity contribution in [1.82, 2.24) is 0 Å². The molecule has 20 heavy (non-hydrogen) atoms. The maximum absolute atomic E-state index is 6.03. The van der Waals surface area contributed by atoms with E-state index in [0.717, 1.165) is 24.3 Å². The molecule has 2 unspecified atom stereocenters.